The summed E-state index contributed by atoms with van der Waals surface area (Å²) in [7, 11) is -3.64. The van der Waals surface area contributed by atoms with Gasteiger partial charge in [0.25, 0.3) is 0 Å². The van der Waals surface area contributed by atoms with Crippen molar-refractivity contribution in [2.24, 2.45) is 11.1 Å². The highest BCUT2D eigenvalue weighted by Gasteiger charge is 2.47. The first kappa shape index (κ1) is 32.6. The van der Waals surface area contributed by atoms with E-state index in [1.807, 2.05) is 50.2 Å². The van der Waals surface area contributed by atoms with E-state index >= 15 is 0 Å². The Morgan fingerprint density at radius 3 is 2.32 bits per heavy atom. The van der Waals surface area contributed by atoms with Crippen molar-refractivity contribution in [2.75, 3.05) is 17.6 Å². The van der Waals surface area contributed by atoms with Crippen LogP contribution in [0.15, 0.2) is 67.0 Å². The lowest BCUT2D eigenvalue weighted by Gasteiger charge is -2.20. The number of aliphatic hydroxyl groups is 2. The SMILES string of the molecule is CCn1nnc([C@H]2O[C@@H](n3cnc4c(NCC(c5ccccc5)c5ccccc5)nc(CCC(C)CS(N)(=O)=O)nc43)[C@@H](O)[C@@H]2O)n1. The Kier molecular flexibility index (Phi) is 9.56. The first-order chi connectivity index (χ1) is 22.6. The number of rotatable bonds is 13. The van der Waals surface area contributed by atoms with Crippen molar-refractivity contribution in [1.82, 2.24) is 39.7 Å². The second-order valence-electron chi connectivity index (χ2n) is 11.8. The van der Waals surface area contributed by atoms with Gasteiger partial charge in [-0.1, -0.05) is 67.6 Å². The Morgan fingerprint density at radius 1 is 1.02 bits per heavy atom. The molecule has 15 nitrogen and oxygen atoms in total. The molecule has 0 spiro atoms. The number of anilines is 1. The van der Waals surface area contributed by atoms with Crippen molar-refractivity contribution in [1.29, 1.82) is 0 Å². The molecule has 1 aliphatic rings. The van der Waals surface area contributed by atoms with Crippen molar-refractivity contribution in [3.63, 3.8) is 0 Å². The lowest BCUT2D eigenvalue weighted by atomic mass is 9.91. The smallest absolute Gasteiger partial charge is 0.209 e. The van der Waals surface area contributed by atoms with Crippen LogP contribution < -0.4 is 10.5 Å². The Balaban J connectivity index is 1.34. The highest BCUT2D eigenvalue weighted by molar-refractivity contribution is 7.89. The summed E-state index contributed by atoms with van der Waals surface area (Å²) in [6.45, 7) is 4.63. The fourth-order valence-corrected chi connectivity index (χ4v) is 6.80. The normalized spacial score (nSPS) is 20.6. The van der Waals surface area contributed by atoms with Crippen LogP contribution in [0, 0.1) is 5.92 Å². The molecule has 1 saturated heterocycles. The highest BCUT2D eigenvalue weighted by Crippen LogP contribution is 2.39. The monoisotopic (exact) mass is 662 g/mol. The Morgan fingerprint density at radius 2 is 1.70 bits per heavy atom. The van der Waals surface area contributed by atoms with Crippen LogP contribution in [0.3, 0.4) is 0 Å². The fraction of sp³-hybridized carbons (Fsp3) is 0.419. The van der Waals surface area contributed by atoms with Crippen LogP contribution in [0.4, 0.5) is 5.82 Å². The summed E-state index contributed by atoms with van der Waals surface area (Å²) >= 11 is 0. The third-order valence-electron chi connectivity index (χ3n) is 8.24. The third kappa shape index (κ3) is 7.31. The number of hydrogen-bond acceptors (Lipinski definition) is 12. The lowest BCUT2D eigenvalue weighted by Crippen LogP contribution is -2.29. The molecule has 0 aliphatic carbocycles. The molecule has 47 heavy (non-hydrogen) atoms. The van der Waals surface area contributed by atoms with Gasteiger partial charge in [-0.3, -0.25) is 4.57 Å². The second-order valence-corrected chi connectivity index (χ2v) is 13.5. The summed E-state index contributed by atoms with van der Waals surface area (Å²) in [6, 6.07) is 20.3. The zero-order valence-corrected chi connectivity index (χ0v) is 26.8. The summed E-state index contributed by atoms with van der Waals surface area (Å²) in [6.07, 6.45) is -2.46. The zero-order valence-electron chi connectivity index (χ0n) is 26.0. The van der Waals surface area contributed by atoms with E-state index in [4.69, 9.17) is 19.8 Å². The van der Waals surface area contributed by atoms with Crippen LogP contribution in [-0.2, 0) is 27.7 Å². The average molecular weight is 663 g/mol. The Hall–Kier alpha value is -4.35. The number of sulfonamides is 1. The van der Waals surface area contributed by atoms with E-state index in [0.29, 0.717) is 48.7 Å². The molecule has 1 unspecified atom stereocenters. The van der Waals surface area contributed by atoms with E-state index in [9.17, 15) is 18.6 Å². The number of aromatic nitrogens is 8. The van der Waals surface area contributed by atoms with Gasteiger partial charge in [0, 0.05) is 18.9 Å². The van der Waals surface area contributed by atoms with Gasteiger partial charge in [-0.2, -0.15) is 4.80 Å². The van der Waals surface area contributed by atoms with Crippen molar-refractivity contribution >= 4 is 27.0 Å². The molecule has 16 heteroatoms. The van der Waals surface area contributed by atoms with Crippen molar-refractivity contribution in [3.05, 3.63) is 89.8 Å². The number of benzene rings is 2. The highest BCUT2D eigenvalue weighted by atomic mass is 32.2. The first-order valence-corrected chi connectivity index (χ1v) is 17.2. The molecule has 3 aromatic heterocycles. The second kappa shape index (κ2) is 13.8. The molecule has 4 heterocycles. The summed E-state index contributed by atoms with van der Waals surface area (Å²) in [5.41, 5.74) is 3.05. The number of nitrogens with zero attached hydrogens (tertiary/aromatic N) is 8. The maximum absolute atomic E-state index is 11.7. The molecule has 0 bridgehead atoms. The van der Waals surface area contributed by atoms with E-state index in [1.165, 1.54) is 11.1 Å². The molecule has 0 amide bonds. The average Bonchev–Trinajstić information content (AvgIpc) is 3.78. The predicted molar refractivity (Wildman–Crippen MR) is 172 cm³/mol. The van der Waals surface area contributed by atoms with Gasteiger partial charge in [0.05, 0.1) is 18.6 Å². The van der Waals surface area contributed by atoms with Crippen molar-refractivity contribution in [2.45, 2.75) is 63.7 Å². The summed E-state index contributed by atoms with van der Waals surface area (Å²) < 4.78 is 31.0. The van der Waals surface area contributed by atoms with Gasteiger partial charge < -0.3 is 20.3 Å². The largest absolute Gasteiger partial charge is 0.387 e. The molecule has 2 aromatic carbocycles. The van der Waals surface area contributed by atoms with Crippen LogP contribution >= 0.6 is 0 Å². The minimum atomic E-state index is -3.64. The minimum Gasteiger partial charge on any atom is -0.387 e. The van der Waals surface area contributed by atoms with Crippen LogP contribution in [0.2, 0.25) is 0 Å². The zero-order chi connectivity index (χ0) is 33.1. The van der Waals surface area contributed by atoms with Crippen LogP contribution in [-0.4, -0.2) is 82.9 Å². The van der Waals surface area contributed by atoms with Gasteiger partial charge in [-0.25, -0.2) is 28.5 Å². The van der Waals surface area contributed by atoms with Gasteiger partial charge in [0.2, 0.25) is 15.8 Å². The molecule has 248 valence electrons. The van der Waals surface area contributed by atoms with Gasteiger partial charge in [-0.15, -0.1) is 10.2 Å². The summed E-state index contributed by atoms with van der Waals surface area (Å²) in [5.74, 6) is 0.660. The van der Waals surface area contributed by atoms with E-state index in [-0.39, 0.29) is 23.4 Å². The third-order valence-corrected chi connectivity index (χ3v) is 9.27. The van der Waals surface area contributed by atoms with E-state index < -0.39 is 34.6 Å². The molecule has 5 N–H and O–H groups in total. The van der Waals surface area contributed by atoms with Gasteiger partial charge >= 0.3 is 0 Å². The van der Waals surface area contributed by atoms with Gasteiger partial charge in [0.15, 0.2) is 29.3 Å². The number of imidazole rings is 1. The maximum atomic E-state index is 11.7. The number of fused-ring (bicyclic) bond motifs is 1. The Bertz CT molecular complexity index is 1860. The Labute approximate surface area is 271 Å². The minimum absolute atomic E-state index is 0.0114. The van der Waals surface area contributed by atoms with Gasteiger partial charge in [0.1, 0.15) is 18.0 Å². The lowest BCUT2D eigenvalue weighted by molar-refractivity contribution is -0.0384. The summed E-state index contributed by atoms with van der Waals surface area (Å²) in [5, 5.41) is 43.0. The maximum Gasteiger partial charge on any atom is 0.209 e. The first-order valence-electron chi connectivity index (χ1n) is 15.5. The molecular weight excluding hydrogens is 624 g/mol. The number of aryl methyl sites for hydroxylation is 2. The molecule has 5 aromatic rings. The fourth-order valence-electron chi connectivity index (χ4n) is 5.84. The number of tetrazole rings is 1. The molecule has 1 aliphatic heterocycles. The standard InChI is InChI=1S/C31H38N10O5S/c1-3-41-38-29(37-39-41)27-25(42)26(43)31(46-27)40-18-34-24-28(35-23(36-30(24)40)15-14-19(2)17-47(32,44)45)33-16-22(20-10-6-4-7-11-20)21-12-8-5-9-13-21/h4-13,18-19,22,25-27,31,42-43H,3,14-17H2,1-2H3,(H2,32,44,45)(H,33,35,36)/t19?,25-,26-,27-,31+/m0/s1. The van der Waals surface area contributed by atoms with Crippen LogP contribution in [0.1, 0.15) is 61.3 Å². The summed E-state index contributed by atoms with van der Waals surface area (Å²) in [4.78, 5) is 15.6. The number of primary sulfonamides is 1. The molecule has 0 radical (unpaired) electrons. The number of nitrogens with two attached hydrogens (primary N) is 1. The van der Waals surface area contributed by atoms with E-state index in [0.717, 1.165) is 11.1 Å². The molecule has 0 saturated carbocycles. The van der Waals surface area contributed by atoms with Crippen LogP contribution in [0.25, 0.3) is 11.2 Å². The topological polar surface area (TPSA) is 209 Å². The molecule has 1 fully saturated rings. The number of hydrogen-bond donors (Lipinski definition) is 4. The number of ether oxygens (including phenoxy) is 1. The van der Waals surface area contributed by atoms with E-state index in [2.05, 4.69) is 50.0 Å². The number of nitrogens with one attached hydrogen (secondary N) is 1. The van der Waals surface area contributed by atoms with Crippen molar-refractivity contribution < 1.29 is 23.4 Å². The van der Waals surface area contributed by atoms with Crippen LogP contribution in [0.5, 0.6) is 0 Å². The number of aliphatic hydroxyl groups excluding tert-OH is 2. The molecule has 6 rings (SSSR count). The molecule has 5 atom stereocenters. The van der Waals surface area contributed by atoms with E-state index in [1.54, 1.807) is 4.57 Å². The molecular formula is C31H38N10O5S. The van der Waals surface area contributed by atoms with Gasteiger partial charge in [-0.05, 0) is 35.6 Å². The predicted octanol–water partition coefficient (Wildman–Crippen LogP) is 1.93. The quantitative estimate of drug-likeness (QED) is 0.143. The van der Waals surface area contributed by atoms with Crippen molar-refractivity contribution in [3.8, 4) is 0 Å².